The van der Waals surface area contributed by atoms with Gasteiger partial charge in [0.1, 0.15) is 0 Å². The highest BCUT2D eigenvalue weighted by Gasteiger charge is 2.22. The Balaban J connectivity index is 2.39. The number of rotatable bonds is 1. The van der Waals surface area contributed by atoms with Crippen LogP contribution in [0.15, 0.2) is 12.7 Å². The third-order valence-electron chi connectivity index (χ3n) is 2.92. The summed E-state index contributed by atoms with van der Waals surface area (Å²) in [6.07, 6.45) is 6.73. The van der Waals surface area contributed by atoms with Gasteiger partial charge in [-0.3, -0.25) is 0 Å². The molecule has 0 heterocycles. The smallest absolute Gasteiger partial charge is 0.0696 e. The Kier molecular flexibility index (Phi) is 4.05. The molecule has 0 unspecified atom stereocenters. The monoisotopic (exact) mass is 177 g/mol. The topological polar surface area (TPSA) is 26.0 Å². The molecule has 0 aromatic carbocycles. The van der Waals surface area contributed by atoms with Gasteiger partial charge in [-0.05, 0) is 30.8 Å². The molecule has 13 heavy (non-hydrogen) atoms. The summed E-state index contributed by atoms with van der Waals surface area (Å²) in [6.45, 7) is 5.88. The third-order valence-corrected chi connectivity index (χ3v) is 2.92. The maximum Gasteiger partial charge on any atom is 0.0696 e. The Hall–Kier alpha value is -0.740. The van der Waals surface area contributed by atoms with Crippen molar-refractivity contribution in [2.24, 2.45) is 17.6 Å². The minimum Gasteiger partial charge on any atom is -0.317 e. The van der Waals surface area contributed by atoms with Gasteiger partial charge in [-0.2, -0.15) is 0 Å². The molecular weight excluding hydrogens is 158 g/mol. The molecule has 1 nitrogen and oxygen atoms in total. The molecule has 0 aromatic rings. The average Bonchev–Trinajstić information content (AvgIpc) is 2.15. The number of nitrogens with two attached hydrogens (primary N) is 1. The first-order valence-corrected chi connectivity index (χ1v) is 5.11. The van der Waals surface area contributed by atoms with E-state index < -0.39 is 0 Å². The highest BCUT2D eigenvalue weighted by atomic mass is 14.6. The van der Waals surface area contributed by atoms with Crippen LogP contribution in [0.25, 0.3) is 0 Å². The zero-order chi connectivity index (χ0) is 9.68. The molecule has 0 radical (unpaired) electrons. The van der Waals surface area contributed by atoms with Gasteiger partial charge in [0.2, 0.25) is 0 Å². The van der Waals surface area contributed by atoms with Gasteiger partial charge in [-0.25, -0.2) is 0 Å². The maximum atomic E-state index is 5.96. The second-order valence-electron chi connectivity index (χ2n) is 4.04. The minimum atomic E-state index is 0.0606. The van der Waals surface area contributed by atoms with E-state index >= 15 is 0 Å². The van der Waals surface area contributed by atoms with Crippen LogP contribution in [-0.2, 0) is 0 Å². The fraction of sp³-hybridized carbons (Fsp3) is 0.667. The molecule has 1 aliphatic rings. The molecule has 0 aliphatic heterocycles. The molecule has 72 valence electrons. The quantitative estimate of drug-likeness (QED) is 0.611. The van der Waals surface area contributed by atoms with Gasteiger partial charge in [0.25, 0.3) is 0 Å². The zero-order valence-electron chi connectivity index (χ0n) is 8.42. The van der Waals surface area contributed by atoms with Crippen LogP contribution in [0, 0.1) is 23.7 Å². The van der Waals surface area contributed by atoms with Gasteiger partial charge in [0.05, 0.1) is 6.04 Å². The summed E-state index contributed by atoms with van der Waals surface area (Å²) in [5.74, 6) is 7.37. The van der Waals surface area contributed by atoms with Crippen molar-refractivity contribution in [2.75, 3.05) is 0 Å². The van der Waals surface area contributed by atoms with Crippen molar-refractivity contribution in [3.63, 3.8) is 0 Å². The lowest BCUT2D eigenvalue weighted by molar-refractivity contribution is 0.276. The van der Waals surface area contributed by atoms with E-state index in [-0.39, 0.29) is 6.04 Å². The van der Waals surface area contributed by atoms with Gasteiger partial charge >= 0.3 is 0 Å². The van der Waals surface area contributed by atoms with E-state index in [0.717, 1.165) is 5.92 Å². The third kappa shape index (κ3) is 3.24. The predicted octanol–water partition coefficient (Wildman–Crippen LogP) is 2.33. The Morgan fingerprint density at radius 3 is 2.54 bits per heavy atom. The van der Waals surface area contributed by atoms with E-state index in [2.05, 4.69) is 25.3 Å². The van der Waals surface area contributed by atoms with Crippen molar-refractivity contribution in [3.05, 3.63) is 12.7 Å². The first kappa shape index (κ1) is 10.3. The second-order valence-corrected chi connectivity index (χ2v) is 4.04. The predicted molar refractivity (Wildman–Crippen MR) is 57.1 cm³/mol. The summed E-state index contributed by atoms with van der Waals surface area (Å²) in [5.41, 5.74) is 5.96. The Labute approximate surface area is 81.4 Å². The molecule has 1 heteroatoms. The van der Waals surface area contributed by atoms with E-state index in [4.69, 9.17) is 5.73 Å². The molecule has 0 bridgehead atoms. The van der Waals surface area contributed by atoms with Crippen molar-refractivity contribution in [1.82, 2.24) is 0 Å². The largest absolute Gasteiger partial charge is 0.317 e. The molecule has 0 amide bonds. The second kappa shape index (κ2) is 5.09. The molecule has 0 saturated heterocycles. The van der Waals surface area contributed by atoms with Gasteiger partial charge < -0.3 is 5.73 Å². The highest BCUT2D eigenvalue weighted by molar-refractivity contribution is 5.17. The lowest BCUT2D eigenvalue weighted by Crippen LogP contribution is -2.31. The molecular formula is C12H19N. The van der Waals surface area contributed by atoms with Crippen LogP contribution in [0.1, 0.15) is 32.6 Å². The summed E-state index contributed by atoms with van der Waals surface area (Å²) in [5, 5.41) is 0. The van der Waals surface area contributed by atoms with Crippen LogP contribution in [-0.4, -0.2) is 6.04 Å². The van der Waals surface area contributed by atoms with Gasteiger partial charge in [-0.1, -0.05) is 38.2 Å². The molecule has 1 aliphatic carbocycles. The normalized spacial score (nSPS) is 30.0. The van der Waals surface area contributed by atoms with Crippen LogP contribution in [0.4, 0.5) is 0 Å². The first-order chi connectivity index (χ1) is 6.24. The summed E-state index contributed by atoms with van der Waals surface area (Å²) in [6, 6.07) is 0.0606. The Morgan fingerprint density at radius 1 is 1.38 bits per heavy atom. The molecule has 1 saturated carbocycles. The molecule has 1 fully saturated rings. The van der Waals surface area contributed by atoms with Crippen molar-refractivity contribution >= 4 is 0 Å². The van der Waals surface area contributed by atoms with Crippen molar-refractivity contribution < 1.29 is 0 Å². The van der Waals surface area contributed by atoms with Gasteiger partial charge in [-0.15, -0.1) is 0 Å². The fourth-order valence-corrected chi connectivity index (χ4v) is 1.92. The lowest BCUT2D eigenvalue weighted by atomic mass is 9.80. The van der Waals surface area contributed by atoms with Crippen LogP contribution >= 0.6 is 0 Å². The summed E-state index contributed by atoms with van der Waals surface area (Å²) in [7, 11) is 0. The number of hydrogen-bond donors (Lipinski definition) is 1. The first-order valence-electron chi connectivity index (χ1n) is 5.11. The van der Waals surface area contributed by atoms with Crippen LogP contribution in [0.5, 0.6) is 0 Å². The van der Waals surface area contributed by atoms with Crippen LogP contribution < -0.4 is 5.73 Å². The lowest BCUT2D eigenvalue weighted by Gasteiger charge is -2.28. The van der Waals surface area contributed by atoms with Crippen molar-refractivity contribution in [2.45, 2.75) is 38.6 Å². The van der Waals surface area contributed by atoms with E-state index in [1.165, 1.54) is 25.7 Å². The summed E-state index contributed by atoms with van der Waals surface area (Å²) in [4.78, 5) is 0. The molecule has 0 spiro atoms. The SMILES string of the molecule is C=CC#C[C@@H](N)C1CCC(C)CC1. The number of allylic oxidation sites excluding steroid dienone is 1. The zero-order valence-corrected chi connectivity index (χ0v) is 8.42. The summed E-state index contributed by atoms with van der Waals surface area (Å²) < 4.78 is 0. The fourth-order valence-electron chi connectivity index (χ4n) is 1.92. The maximum absolute atomic E-state index is 5.96. The van der Waals surface area contributed by atoms with Gasteiger partial charge in [0.15, 0.2) is 0 Å². The van der Waals surface area contributed by atoms with Crippen molar-refractivity contribution in [3.8, 4) is 11.8 Å². The van der Waals surface area contributed by atoms with Crippen LogP contribution in [0.2, 0.25) is 0 Å². The van der Waals surface area contributed by atoms with E-state index in [1.807, 2.05) is 0 Å². The molecule has 1 rings (SSSR count). The van der Waals surface area contributed by atoms with Crippen LogP contribution in [0.3, 0.4) is 0 Å². The van der Waals surface area contributed by atoms with E-state index in [1.54, 1.807) is 6.08 Å². The molecule has 1 atom stereocenters. The number of hydrogen-bond acceptors (Lipinski definition) is 1. The van der Waals surface area contributed by atoms with Crippen molar-refractivity contribution in [1.29, 1.82) is 0 Å². The average molecular weight is 177 g/mol. The Bertz CT molecular complexity index is 213. The Morgan fingerprint density at radius 2 is 2.00 bits per heavy atom. The summed E-state index contributed by atoms with van der Waals surface area (Å²) >= 11 is 0. The van der Waals surface area contributed by atoms with Gasteiger partial charge in [0, 0.05) is 0 Å². The molecule has 2 N–H and O–H groups in total. The highest BCUT2D eigenvalue weighted by Crippen LogP contribution is 2.29. The van der Waals surface area contributed by atoms with E-state index in [0.29, 0.717) is 5.92 Å². The standard InChI is InChI=1S/C12H19N/c1-3-4-5-12(13)11-8-6-10(2)7-9-11/h3,10-12H,1,6-9,13H2,2H3/t10?,11?,12-/m1/s1. The van der Waals surface area contributed by atoms with E-state index in [9.17, 15) is 0 Å². The molecule has 0 aromatic heterocycles. The minimum absolute atomic E-state index is 0.0606.